The molecule has 270 valence electrons. The van der Waals surface area contributed by atoms with Gasteiger partial charge in [0.05, 0.1) is 25.7 Å². The lowest BCUT2D eigenvalue weighted by atomic mass is 9.89. The van der Waals surface area contributed by atoms with Gasteiger partial charge in [0, 0.05) is 13.1 Å². The molecule has 1 saturated carbocycles. The van der Waals surface area contributed by atoms with Gasteiger partial charge in [0.2, 0.25) is 11.8 Å². The molecule has 1 aliphatic rings. The zero-order valence-corrected chi connectivity index (χ0v) is 29.1. The van der Waals surface area contributed by atoms with Crippen molar-refractivity contribution in [1.29, 1.82) is 0 Å². The molecule has 0 aromatic heterocycles. The smallest absolute Gasteiger partial charge is 0.408 e. The van der Waals surface area contributed by atoms with Crippen LogP contribution in [-0.4, -0.2) is 85.6 Å². The van der Waals surface area contributed by atoms with Crippen molar-refractivity contribution in [1.82, 2.24) is 19.7 Å². The van der Waals surface area contributed by atoms with E-state index < -0.39 is 70.8 Å². The molecule has 0 aliphatic heterocycles. The monoisotopic (exact) mass is 703 g/mol. The van der Waals surface area contributed by atoms with Gasteiger partial charge >= 0.3 is 12.1 Å². The molecular weight excluding hydrogens is 654 g/mol. The Morgan fingerprint density at radius 1 is 0.959 bits per heavy atom. The van der Waals surface area contributed by atoms with Gasteiger partial charge in [-0.05, 0) is 50.2 Å². The van der Waals surface area contributed by atoms with Crippen LogP contribution in [0.15, 0.2) is 60.7 Å². The van der Waals surface area contributed by atoms with Crippen LogP contribution < -0.4 is 21.1 Å². The fourth-order valence-corrected chi connectivity index (χ4v) is 7.31. The number of nitrogens with zero attached hydrogens (tertiary/aromatic N) is 1. The molecule has 0 bridgehead atoms. The minimum Gasteiger partial charge on any atom is -0.468 e. The molecule has 6 N–H and O–H groups in total. The highest BCUT2D eigenvalue weighted by Gasteiger charge is 2.39. The van der Waals surface area contributed by atoms with Gasteiger partial charge in [0.25, 0.3) is 10.2 Å². The number of esters is 1. The van der Waals surface area contributed by atoms with Crippen LogP contribution in [0.3, 0.4) is 0 Å². The second-order valence-electron chi connectivity index (χ2n) is 12.8. The van der Waals surface area contributed by atoms with Gasteiger partial charge in [-0.2, -0.15) is 17.4 Å². The van der Waals surface area contributed by atoms with Gasteiger partial charge in [-0.1, -0.05) is 79.9 Å². The molecule has 3 atom stereocenters. The molecule has 2 aromatic carbocycles. The van der Waals surface area contributed by atoms with Crippen LogP contribution in [0.4, 0.5) is 4.79 Å². The maximum absolute atomic E-state index is 13.8. The van der Waals surface area contributed by atoms with Crippen LogP contribution in [0.25, 0.3) is 0 Å². The molecule has 3 amide bonds. The van der Waals surface area contributed by atoms with Crippen molar-refractivity contribution in [2.45, 2.75) is 89.1 Å². The van der Waals surface area contributed by atoms with Gasteiger partial charge in [-0.3, -0.25) is 14.4 Å². The average molecular weight is 704 g/mol. The van der Waals surface area contributed by atoms with Gasteiger partial charge in [0.15, 0.2) is 0 Å². The average Bonchev–Trinajstić information content (AvgIpc) is 3.06. The number of methoxy groups -OCH3 is 1. The van der Waals surface area contributed by atoms with Crippen LogP contribution >= 0.6 is 0 Å². The number of aliphatic hydroxyl groups is 1. The van der Waals surface area contributed by atoms with Crippen LogP contribution in [0, 0.1) is 5.92 Å². The zero-order chi connectivity index (χ0) is 36.0. The van der Waals surface area contributed by atoms with Gasteiger partial charge < -0.3 is 30.9 Å². The van der Waals surface area contributed by atoms with E-state index in [0.717, 1.165) is 49.1 Å². The minimum atomic E-state index is -4.37. The first-order chi connectivity index (χ1) is 23.2. The first-order valence-electron chi connectivity index (χ1n) is 16.4. The lowest BCUT2D eigenvalue weighted by Crippen LogP contribution is -2.59. The van der Waals surface area contributed by atoms with Crippen molar-refractivity contribution in [3.8, 4) is 0 Å². The summed E-state index contributed by atoms with van der Waals surface area (Å²) >= 11 is 0. The number of alkyl carbamates (subject to hydrolysis) is 1. The number of hydrogen-bond donors (Lipinski definition) is 5. The summed E-state index contributed by atoms with van der Waals surface area (Å²) in [4.78, 5) is 50.5. The molecule has 0 radical (unpaired) electrons. The third kappa shape index (κ3) is 13.1. The van der Waals surface area contributed by atoms with E-state index in [1.54, 1.807) is 60.7 Å². The minimum absolute atomic E-state index is 0.0203. The molecule has 0 saturated heterocycles. The second-order valence-corrected chi connectivity index (χ2v) is 14.5. The van der Waals surface area contributed by atoms with E-state index in [9.17, 15) is 32.7 Å². The highest BCUT2D eigenvalue weighted by Crippen LogP contribution is 2.26. The van der Waals surface area contributed by atoms with E-state index in [-0.39, 0.29) is 25.5 Å². The number of hydrogen-bond acceptors (Lipinski definition) is 9. The summed E-state index contributed by atoms with van der Waals surface area (Å²) in [5, 5.41) is 16.7. The SMILES string of the molecule is COC(=O)C(C)(C)NS(=O)(=O)N(CC1CCCCC1)C[C@@H](O)[C@H](Cc1ccccc1)NC(=O)[C@H](CC(N)=O)NC(=O)OCc1ccccc1. The van der Waals surface area contributed by atoms with E-state index >= 15 is 0 Å². The summed E-state index contributed by atoms with van der Waals surface area (Å²) in [6.07, 6.45) is 1.61. The van der Waals surface area contributed by atoms with Crippen LogP contribution in [0.1, 0.15) is 63.5 Å². The summed E-state index contributed by atoms with van der Waals surface area (Å²) in [5.41, 5.74) is 5.22. The quantitative estimate of drug-likeness (QED) is 0.144. The van der Waals surface area contributed by atoms with Crippen molar-refractivity contribution in [2.24, 2.45) is 11.7 Å². The van der Waals surface area contributed by atoms with E-state index in [0.29, 0.717) is 5.56 Å². The lowest BCUT2D eigenvalue weighted by molar-refractivity contribution is -0.146. The van der Waals surface area contributed by atoms with Gasteiger partial charge in [-0.25, -0.2) is 4.79 Å². The number of nitrogens with two attached hydrogens (primary N) is 1. The van der Waals surface area contributed by atoms with Crippen LogP contribution in [0.5, 0.6) is 0 Å². The highest BCUT2D eigenvalue weighted by atomic mass is 32.2. The Hall–Kier alpha value is -4.05. The summed E-state index contributed by atoms with van der Waals surface area (Å²) < 4.78 is 41.1. The number of carbonyl (C=O) groups is 4. The predicted molar refractivity (Wildman–Crippen MR) is 182 cm³/mol. The molecule has 0 unspecified atom stereocenters. The lowest BCUT2D eigenvalue weighted by Gasteiger charge is -2.35. The van der Waals surface area contributed by atoms with Crippen molar-refractivity contribution in [2.75, 3.05) is 20.2 Å². The molecule has 2 aromatic rings. The molecule has 0 heterocycles. The number of benzene rings is 2. The summed E-state index contributed by atoms with van der Waals surface area (Å²) in [7, 11) is -3.21. The Morgan fingerprint density at radius 3 is 2.12 bits per heavy atom. The molecular formula is C34H49N5O9S. The fourth-order valence-electron chi connectivity index (χ4n) is 5.70. The molecule has 15 heteroatoms. The van der Waals surface area contributed by atoms with Crippen molar-refractivity contribution < 1.29 is 42.2 Å². The molecule has 14 nitrogen and oxygen atoms in total. The number of carbonyl (C=O) groups excluding carboxylic acids is 4. The third-order valence-corrected chi connectivity index (χ3v) is 10.1. The normalized spacial score (nSPS) is 15.9. The highest BCUT2D eigenvalue weighted by molar-refractivity contribution is 7.87. The third-order valence-electron chi connectivity index (χ3n) is 8.31. The summed E-state index contributed by atoms with van der Waals surface area (Å²) in [6, 6.07) is 15.2. The molecule has 1 fully saturated rings. The summed E-state index contributed by atoms with van der Waals surface area (Å²) in [5.74, 6) is -2.47. The Bertz CT molecular complexity index is 1490. The van der Waals surface area contributed by atoms with E-state index in [1.165, 1.54) is 13.8 Å². The maximum atomic E-state index is 13.8. The molecule has 1 aliphatic carbocycles. The van der Waals surface area contributed by atoms with E-state index in [1.807, 2.05) is 0 Å². The van der Waals surface area contributed by atoms with Crippen molar-refractivity contribution in [3.05, 3.63) is 71.8 Å². The summed E-state index contributed by atoms with van der Waals surface area (Å²) in [6.45, 7) is 2.31. The Kier molecular flexibility index (Phi) is 15.0. The van der Waals surface area contributed by atoms with Crippen molar-refractivity contribution in [3.63, 3.8) is 0 Å². The first-order valence-corrected chi connectivity index (χ1v) is 17.8. The number of rotatable bonds is 18. The predicted octanol–water partition coefficient (Wildman–Crippen LogP) is 1.91. The number of aliphatic hydroxyl groups excluding tert-OH is 1. The van der Waals surface area contributed by atoms with Gasteiger partial charge in [-0.15, -0.1) is 0 Å². The number of nitrogens with one attached hydrogen (secondary N) is 3. The molecule has 3 rings (SSSR count). The fraction of sp³-hybridized carbons (Fsp3) is 0.529. The maximum Gasteiger partial charge on any atom is 0.408 e. The Labute approximate surface area is 288 Å². The van der Waals surface area contributed by atoms with Crippen LogP contribution in [0.2, 0.25) is 0 Å². The molecule has 0 spiro atoms. The largest absolute Gasteiger partial charge is 0.468 e. The Balaban J connectivity index is 1.85. The van der Waals surface area contributed by atoms with Crippen LogP contribution in [-0.2, 0) is 47.1 Å². The number of amides is 3. The van der Waals surface area contributed by atoms with Gasteiger partial charge in [0.1, 0.15) is 18.2 Å². The molecule has 49 heavy (non-hydrogen) atoms. The second kappa shape index (κ2) is 18.6. The number of ether oxygens (including phenoxy) is 2. The Morgan fingerprint density at radius 2 is 1.55 bits per heavy atom. The topological polar surface area (TPSA) is 206 Å². The van der Waals surface area contributed by atoms with E-state index in [4.69, 9.17) is 15.2 Å². The standard InChI is InChI=1S/C34H49N5O9S/c1-34(2,32(43)47-3)38-49(45,46)39(21-25-15-9-5-10-16-25)22-29(40)27(19-24-13-7-4-8-14-24)36-31(42)28(20-30(35)41)37-33(44)48-23-26-17-11-6-12-18-26/h4,6-8,11-14,17-18,25,27-29,38,40H,5,9-10,15-16,19-23H2,1-3H3,(H2,35,41)(H,36,42)(H,37,44)/t27-,28-,29+/m0/s1. The number of primary amides is 1. The van der Waals surface area contributed by atoms with E-state index in [2.05, 4.69) is 15.4 Å². The van der Waals surface area contributed by atoms with Crippen molar-refractivity contribution >= 4 is 34.1 Å². The zero-order valence-electron chi connectivity index (χ0n) is 28.3. The first kappa shape index (κ1) is 39.4.